The van der Waals surface area contributed by atoms with Crippen molar-refractivity contribution in [3.05, 3.63) is 23.3 Å². The molecule has 4 aliphatic carbocycles. The molecule has 2 fully saturated rings. The van der Waals surface area contributed by atoms with E-state index in [9.17, 15) is 24.3 Å². The normalized spacial score (nSPS) is 42.4. The van der Waals surface area contributed by atoms with E-state index >= 15 is 0 Å². The number of hydrogen-bond donors (Lipinski definition) is 1. The van der Waals surface area contributed by atoms with E-state index in [1.165, 1.54) is 7.11 Å². The van der Waals surface area contributed by atoms with Crippen molar-refractivity contribution in [2.45, 2.75) is 99.8 Å². The summed E-state index contributed by atoms with van der Waals surface area (Å²) in [6.45, 7) is 15.0. The Morgan fingerprint density at radius 1 is 1.03 bits per heavy atom. The second-order valence-corrected chi connectivity index (χ2v) is 14.5. The summed E-state index contributed by atoms with van der Waals surface area (Å²) in [5, 5.41) is 9.82. The first-order chi connectivity index (χ1) is 17.5. The standard InChI is InChI=1S/C32H46O6/c1-19-16-28(3,4)11-13-32(19,27(37)38-8)14-12-29(5)17-21(33)15-24-30(6)18-22(26(35)36)25(34)20(2)23(30)9-10-31(24,29)7/h15,18-20,23H,9-14,16-17H2,1-8H3,(H,35,36)/t19?,20-,23-,29+,30-,31+,32-/m0/s1. The fraction of sp³-hybridized carbons (Fsp3) is 0.750. The summed E-state index contributed by atoms with van der Waals surface area (Å²) in [5.41, 5.74) is -1.05. The van der Waals surface area contributed by atoms with E-state index in [0.29, 0.717) is 19.3 Å². The van der Waals surface area contributed by atoms with Crippen molar-refractivity contribution in [1.82, 2.24) is 0 Å². The lowest BCUT2D eigenvalue weighted by molar-refractivity contribution is -0.163. The number of fused-ring (bicyclic) bond motifs is 3. The lowest BCUT2D eigenvalue weighted by Crippen LogP contribution is -2.56. The third kappa shape index (κ3) is 4.12. The summed E-state index contributed by atoms with van der Waals surface area (Å²) in [4.78, 5) is 51.6. The maximum absolute atomic E-state index is 13.4. The van der Waals surface area contributed by atoms with Gasteiger partial charge in [-0.2, -0.15) is 0 Å². The van der Waals surface area contributed by atoms with E-state index in [-0.39, 0.29) is 45.8 Å². The fourth-order valence-electron chi connectivity index (χ4n) is 9.10. The molecule has 2 saturated carbocycles. The molecule has 1 N–H and O–H groups in total. The van der Waals surface area contributed by atoms with Gasteiger partial charge >= 0.3 is 11.9 Å². The topological polar surface area (TPSA) is 97.7 Å². The van der Waals surface area contributed by atoms with Crippen LogP contribution in [0.3, 0.4) is 0 Å². The molecule has 6 heteroatoms. The molecule has 0 heterocycles. The molecule has 210 valence electrons. The van der Waals surface area contributed by atoms with Gasteiger partial charge in [-0.3, -0.25) is 14.4 Å². The van der Waals surface area contributed by atoms with Crippen molar-refractivity contribution in [2.75, 3.05) is 7.11 Å². The first kappa shape index (κ1) is 28.8. The van der Waals surface area contributed by atoms with Crippen LogP contribution >= 0.6 is 0 Å². The zero-order valence-corrected chi connectivity index (χ0v) is 24.5. The number of ketones is 2. The first-order valence-corrected chi connectivity index (χ1v) is 14.3. The van der Waals surface area contributed by atoms with E-state index < -0.39 is 28.1 Å². The number of hydrogen-bond acceptors (Lipinski definition) is 5. The van der Waals surface area contributed by atoms with E-state index in [0.717, 1.165) is 37.7 Å². The SMILES string of the molecule is COC(=O)[C@]1(CC[C@]2(C)CC(=O)C=C3[C@@]4(C)C=C(C(=O)O)C(=O)[C@@H](C)[C@@H]4CC[C@]32C)CCC(C)(C)CC1C. The van der Waals surface area contributed by atoms with Crippen molar-refractivity contribution in [2.24, 2.45) is 44.8 Å². The van der Waals surface area contributed by atoms with Crippen molar-refractivity contribution < 1.29 is 29.0 Å². The van der Waals surface area contributed by atoms with Gasteiger partial charge in [0.1, 0.15) is 0 Å². The largest absolute Gasteiger partial charge is 0.478 e. The summed E-state index contributed by atoms with van der Waals surface area (Å²) >= 11 is 0. The quantitative estimate of drug-likeness (QED) is 0.332. The number of carbonyl (C=O) groups excluding carboxylic acids is 3. The Hall–Kier alpha value is -2.24. The number of carboxylic acids is 1. The van der Waals surface area contributed by atoms with Crippen LogP contribution < -0.4 is 0 Å². The van der Waals surface area contributed by atoms with Crippen LogP contribution in [0.15, 0.2) is 23.3 Å². The monoisotopic (exact) mass is 526 g/mol. The number of allylic oxidation sites excluding steroid dienone is 3. The van der Waals surface area contributed by atoms with E-state index in [1.807, 2.05) is 13.8 Å². The van der Waals surface area contributed by atoms with E-state index in [1.54, 1.807) is 12.2 Å². The van der Waals surface area contributed by atoms with Crippen LogP contribution in [0.25, 0.3) is 0 Å². The third-order valence-electron chi connectivity index (χ3n) is 11.8. The highest BCUT2D eigenvalue weighted by Crippen LogP contribution is 2.68. The molecule has 0 saturated heterocycles. The second kappa shape index (κ2) is 9.16. The molecule has 0 spiro atoms. The average molecular weight is 527 g/mol. The van der Waals surface area contributed by atoms with Gasteiger partial charge in [-0.15, -0.1) is 0 Å². The predicted molar refractivity (Wildman–Crippen MR) is 145 cm³/mol. The van der Waals surface area contributed by atoms with Crippen LogP contribution in [0.2, 0.25) is 0 Å². The molecule has 6 nitrogen and oxygen atoms in total. The minimum atomic E-state index is -1.20. The van der Waals surface area contributed by atoms with Crippen molar-refractivity contribution in [3.8, 4) is 0 Å². The third-order valence-corrected chi connectivity index (χ3v) is 11.8. The second-order valence-electron chi connectivity index (χ2n) is 14.5. The van der Waals surface area contributed by atoms with Gasteiger partial charge in [-0.05, 0) is 79.1 Å². The van der Waals surface area contributed by atoms with Crippen molar-refractivity contribution in [3.63, 3.8) is 0 Å². The summed E-state index contributed by atoms with van der Waals surface area (Å²) in [7, 11) is 1.48. The van der Waals surface area contributed by atoms with Crippen LogP contribution in [0, 0.1) is 44.8 Å². The minimum Gasteiger partial charge on any atom is -0.478 e. The summed E-state index contributed by atoms with van der Waals surface area (Å²) in [6, 6.07) is 0. The highest BCUT2D eigenvalue weighted by molar-refractivity contribution is 6.18. The maximum atomic E-state index is 13.4. The lowest BCUT2D eigenvalue weighted by Gasteiger charge is -2.61. The molecule has 0 aliphatic heterocycles. The molecule has 0 bridgehead atoms. The van der Waals surface area contributed by atoms with Crippen LogP contribution in [0.1, 0.15) is 99.8 Å². The van der Waals surface area contributed by atoms with Gasteiger partial charge in [0.2, 0.25) is 0 Å². The summed E-state index contributed by atoms with van der Waals surface area (Å²) in [5.74, 6) is -1.91. The number of rotatable bonds is 5. The molecule has 0 aromatic carbocycles. The molecule has 4 rings (SSSR count). The fourth-order valence-corrected chi connectivity index (χ4v) is 9.10. The number of carboxylic acid groups (broad SMARTS) is 1. The van der Waals surface area contributed by atoms with Gasteiger partial charge in [-0.25, -0.2) is 4.79 Å². The summed E-state index contributed by atoms with van der Waals surface area (Å²) < 4.78 is 5.39. The number of Topliss-reactive ketones (excluding diaryl/α,β-unsaturated/α-hetero) is 1. The van der Waals surface area contributed by atoms with Gasteiger partial charge in [-0.1, -0.05) is 60.1 Å². The zero-order valence-electron chi connectivity index (χ0n) is 24.5. The van der Waals surface area contributed by atoms with Crippen molar-refractivity contribution >= 4 is 23.5 Å². The number of carbonyl (C=O) groups is 4. The molecule has 38 heavy (non-hydrogen) atoms. The minimum absolute atomic E-state index is 0.0432. The Bertz CT molecular complexity index is 1130. The molecule has 0 amide bonds. The van der Waals surface area contributed by atoms with Crippen LogP contribution in [0.4, 0.5) is 0 Å². The summed E-state index contributed by atoms with van der Waals surface area (Å²) in [6.07, 6.45) is 9.47. The molecular weight excluding hydrogens is 480 g/mol. The Morgan fingerprint density at radius 2 is 1.68 bits per heavy atom. The van der Waals surface area contributed by atoms with E-state index in [4.69, 9.17) is 4.74 Å². The first-order valence-electron chi connectivity index (χ1n) is 14.3. The molecule has 0 aromatic rings. The Morgan fingerprint density at radius 3 is 2.26 bits per heavy atom. The van der Waals surface area contributed by atoms with Gasteiger partial charge in [0.15, 0.2) is 11.6 Å². The smallest absolute Gasteiger partial charge is 0.339 e. The number of ether oxygens (including phenoxy) is 1. The Kier molecular flexibility index (Phi) is 6.93. The lowest BCUT2D eigenvalue weighted by atomic mass is 9.41. The van der Waals surface area contributed by atoms with Crippen molar-refractivity contribution in [1.29, 1.82) is 0 Å². The van der Waals surface area contributed by atoms with Gasteiger partial charge in [0.05, 0.1) is 18.1 Å². The van der Waals surface area contributed by atoms with Crippen LogP contribution in [-0.2, 0) is 23.9 Å². The highest BCUT2D eigenvalue weighted by atomic mass is 16.5. The highest BCUT2D eigenvalue weighted by Gasteiger charge is 2.62. The molecule has 1 unspecified atom stereocenters. The van der Waals surface area contributed by atoms with Crippen LogP contribution in [0.5, 0.6) is 0 Å². The van der Waals surface area contributed by atoms with Gasteiger partial charge in [0, 0.05) is 17.8 Å². The molecular formula is C32H46O6. The predicted octanol–water partition coefficient (Wildman–Crippen LogP) is 6.33. The number of aliphatic carboxylic acids is 1. The molecule has 0 radical (unpaired) electrons. The molecule has 7 atom stereocenters. The van der Waals surface area contributed by atoms with E-state index in [2.05, 4.69) is 34.6 Å². The average Bonchev–Trinajstić information content (AvgIpc) is 2.82. The van der Waals surface area contributed by atoms with Gasteiger partial charge < -0.3 is 9.84 Å². The number of methoxy groups -OCH3 is 1. The molecule has 0 aromatic heterocycles. The zero-order chi connectivity index (χ0) is 28.5. The van der Waals surface area contributed by atoms with Gasteiger partial charge in [0.25, 0.3) is 0 Å². The Labute approximate surface area is 227 Å². The maximum Gasteiger partial charge on any atom is 0.339 e. The molecule has 4 aliphatic rings. The number of esters is 1. The Balaban J connectivity index is 1.74. The van der Waals surface area contributed by atoms with Crippen LogP contribution in [-0.4, -0.2) is 35.7 Å².